The van der Waals surface area contributed by atoms with Crippen LogP contribution in [0.5, 0.6) is 0 Å². The SMILES string of the molecule is CNC(=O)c1cccc(CNC(=O)c2cccc(NS(C)(=O)=O)c2)c1. The van der Waals surface area contributed by atoms with Gasteiger partial charge in [-0.3, -0.25) is 14.3 Å². The Bertz CT molecular complexity index is 894. The maximum absolute atomic E-state index is 12.2. The Kier molecular flexibility index (Phi) is 5.76. The highest BCUT2D eigenvalue weighted by atomic mass is 32.2. The summed E-state index contributed by atoms with van der Waals surface area (Å²) in [6, 6.07) is 13.1. The van der Waals surface area contributed by atoms with Crippen LogP contribution in [0.4, 0.5) is 5.69 Å². The van der Waals surface area contributed by atoms with Gasteiger partial charge in [0.2, 0.25) is 10.0 Å². The number of hydrogen-bond acceptors (Lipinski definition) is 4. The van der Waals surface area contributed by atoms with Gasteiger partial charge in [-0.1, -0.05) is 18.2 Å². The van der Waals surface area contributed by atoms with Gasteiger partial charge in [-0.05, 0) is 35.9 Å². The van der Waals surface area contributed by atoms with Crippen LogP contribution in [0.1, 0.15) is 26.3 Å². The van der Waals surface area contributed by atoms with E-state index in [-0.39, 0.29) is 18.4 Å². The number of anilines is 1. The van der Waals surface area contributed by atoms with E-state index in [1.165, 1.54) is 6.07 Å². The van der Waals surface area contributed by atoms with E-state index in [0.717, 1.165) is 11.8 Å². The third kappa shape index (κ3) is 5.61. The molecule has 7 nitrogen and oxygen atoms in total. The molecule has 2 rings (SSSR count). The zero-order chi connectivity index (χ0) is 18.4. The molecule has 0 aromatic heterocycles. The van der Waals surface area contributed by atoms with Gasteiger partial charge < -0.3 is 10.6 Å². The van der Waals surface area contributed by atoms with E-state index in [4.69, 9.17) is 0 Å². The minimum absolute atomic E-state index is 0.201. The summed E-state index contributed by atoms with van der Waals surface area (Å²) in [6.07, 6.45) is 1.04. The van der Waals surface area contributed by atoms with Crippen molar-refractivity contribution in [3.63, 3.8) is 0 Å². The lowest BCUT2D eigenvalue weighted by atomic mass is 10.1. The third-order valence-electron chi connectivity index (χ3n) is 3.30. The molecule has 0 radical (unpaired) electrons. The third-order valence-corrected chi connectivity index (χ3v) is 3.90. The molecule has 0 spiro atoms. The Labute approximate surface area is 146 Å². The van der Waals surface area contributed by atoms with Crippen LogP contribution < -0.4 is 15.4 Å². The van der Waals surface area contributed by atoms with Crippen LogP contribution in [0.25, 0.3) is 0 Å². The molecule has 25 heavy (non-hydrogen) atoms. The molecular formula is C17H19N3O4S. The van der Waals surface area contributed by atoms with Gasteiger partial charge in [-0.2, -0.15) is 0 Å². The summed E-state index contributed by atoms with van der Waals surface area (Å²) < 4.78 is 24.8. The molecule has 8 heteroatoms. The largest absolute Gasteiger partial charge is 0.355 e. The fraction of sp³-hybridized carbons (Fsp3) is 0.176. The van der Waals surface area contributed by atoms with Crippen molar-refractivity contribution in [2.24, 2.45) is 0 Å². The summed E-state index contributed by atoms with van der Waals surface area (Å²) in [5.41, 5.74) is 1.93. The molecule has 2 aromatic carbocycles. The lowest BCUT2D eigenvalue weighted by molar-refractivity contribution is 0.0948. The zero-order valence-corrected chi connectivity index (χ0v) is 14.7. The molecule has 0 saturated heterocycles. The first-order valence-corrected chi connectivity index (χ1v) is 9.35. The quantitative estimate of drug-likeness (QED) is 0.722. The summed E-state index contributed by atoms with van der Waals surface area (Å²) in [5.74, 6) is -0.546. The minimum atomic E-state index is -3.41. The number of rotatable bonds is 6. The van der Waals surface area contributed by atoms with Gasteiger partial charge in [0.1, 0.15) is 0 Å². The number of hydrogen-bond donors (Lipinski definition) is 3. The number of sulfonamides is 1. The van der Waals surface area contributed by atoms with Crippen molar-refractivity contribution < 1.29 is 18.0 Å². The highest BCUT2D eigenvalue weighted by Gasteiger charge is 2.09. The van der Waals surface area contributed by atoms with Crippen molar-refractivity contribution >= 4 is 27.5 Å². The van der Waals surface area contributed by atoms with Crippen LogP contribution in [0.3, 0.4) is 0 Å². The minimum Gasteiger partial charge on any atom is -0.355 e. The van der Waals surface area contributed by atoms with Gasteiger partial charge in [-0.15, -0.1) is 0 Å². The predicted molar refractivity (Wildman–Crippen MR) is 95.9 cm³/mol. The first kappa shape index (κ1) is 18.5. The lowest BCUT2D eigenvalue weighted by Crippen LogP contribution is -2.23. The molecule has 2 aromatic rings. The van der Waals surface area contributed by atoms with E-state index in [1.54, 1.807) is 49.5 Å². The molecule has 0 saturated carbocycles. The number of carbonyl (C=O) groups is 2. The second-order valence-electron chi connectivity index (χ2n) is 5.42. The smallest absolute Gasteiger partial charge is 0.251 e. The van der Waals surface area contributed by atoms with E-state index in [9.17, 15) is 18.0 Å². The van der Waals surface area contributed by atoms with Gasteiger partial charge in [0, 0.05) is 30.4 Å². The second kappa shape index (κ2) is 7.80. The Morgan fingerprint density at radius 3 is 2.24 bits per heavy atom. The Morgan fingerprint density at radius 2 is 1.60 bits per heavy atom. The molecule has 0 atom stereocenters. The predicted octanol–water partition coefficient (Wildman–Crippen LogP) is 1.35. The standard InChI is InChI=1S/C17H19N3O4S/c1-18-16(21)13-6-3-5-12(9-13)11-19-17(22)14-7-4-8-15(10-14)20-25(2,23)24/h3-10,20H,11H2,1-2H3,(H,18,21)(H,19,22). The van der Waals surface area contributed by atoms with Crippen molar-refractivity contribution in [2.45, 2.75) is 6.54 Å². The van der Waals surface area contributed by atoms with Crippen LogP contribution in [0, 0.1) is 0 Å². The molecule has 0 aliphatic rings. The maximum atomic E-state index is 12.2. The van der Waals surface area contributed by atoms with Crippen LogP contribution in [0.2, 0.25) is 0 Å². The van der Waals surface area contributed by atoms with Crippen LogP contribution >= 0.6 is 0 Å². The van der Waals surface area contributed by atoms with Gasteiger partial charge in [0.05, 0.1) is 6.26 Å². The first-order chi connectivity index (χ1) is 11.8. The molecule has 132 valence electrons. The van der Waals surface area contributed by atoms with E-state index < -0.39 is 10.0 Å². The molecule has 0 bridgehead atoms. The summed E-state index contributed by atoms with van der Waals surface area (Å²) in [5, 5.41) is 5.28. The lowest BCUT2D eigenvalue weighted by Gasteiger charge is -2.09. The monoisotopic (exact) mass is 361 g/mol. The normalized spacial score (nSPS) is 10.8. The molecule has 0 aliphatic carbocycles. The highest BCUT2D eigenvalue weighted by Crippen LogP contribution is 2.12. The van der Waals surface area contributed by atoms with Crippen molar-refractivity contribution in [2.75, 3.05) is 18.0 Å². The Hall–Kier alpha value is -2.87. The van der Waals surface area contributed by atoms with Gasteiger partial charge in [-0.25, -0.2) is 8.42 Å². The number of benzene rings is 2. The second-order valence-corrected chi connectivity index (χ2v) is 7.17. The van der Waals surface area contributed by atoms with Crippen LogP contribution in [0.15, 0.2) is 48.5 Å². The summed E-state index contributed by atoms with van der Waals surface area (Å²) in [6.45, 7) is 0.243. The zero-order valence-electron chi connectivity index (χ0n) is 13.9. The van der Waals surface area contributed by atoms with Crippen molar-refractivity contribution in [1.29, 1.82) is 0 Å². The topological polar surface area (TPSA) is 104 Å². The Balaban J connectivity index is 2.06. The Morgan fingerprint density at radius 1 is 0.960 bits per heavy atom. The average Bonchev–Trinajstić information content (AvgIpc) is 2.58. The number of nitrogens with one attached hydrogen (secondary N) is 3. The maximum Gasteiger partial charge on any atom is 0.251 e. The molecule has 2 amide bonds. The van der Waals surface area contributed by atoms with Crippen molar-refractivity contribution in [1.82, 2.24) is 10.6 Å². The summed E-state index contributed by atoms with van der Waals surface area (Å²) >= 11 is 0. The number of carbonyl (C=O) groups excluding carboxylic acids is 2. The molecule has 0 fully saturated rings. The van der Waals surface area contributed by atoms with Crippen molar-refractivity contribution in [3.05, 3.63) is 65.2 Å². The van der Waals surface area contributed by atoms with Gasteiger partial charge >= 0.3 is 0 Å². The van der Waals surface area contributed by atoms with E-state index in [2.05, 4.69) is 15.4 Å². The molecule has 0 unspecified atom stereocenters. The van der Waals surface area contributed by atoms with Crippen LogP contribution in [-0.2, 0) is 16.6 Å². The first-order valence-electron chi connectivity index (χ1n) is 7.45. The van der Waals surface area contributed by atoms with Crippen molar-refractivity contribution in [3.8, 4) is 0 Å². The summed E-state index contributed by atoms with van der Waals surface area (Å²) in [7, 11) is -1.86. The number of amides is 2. The van der Waals surface area contributed by atoms with E-state index in [1.807, 2.05) is 0 Å². The van der Waals surface area contributed by atoms with Crippen LogP contribution in [-0.4, -0.2) is 33.5 Å². The average molecular weight is 361 g/mol. The molecular weight excluding hydrogens is 342 g/mol. The molecule has 0 heterocycles. The molecule has 3 N–H and O–H groups in total. The summed E-state index contributed by atoms with van der Waals surface area (Å²) in [4.78, 5) is 23.9. The molecule has 0 aliphatic heterocycles. The van der Waals surface area contributed by atoms with Gasteiger partial charge in [0.25, 0.3) is 11.8 Å². The van der Waals surface area contributed by atoms with Gasteiger partial charge in [0.15, 0.2) is 0 Å². The fourth-order valence-corrected chi connectivity index (χ4v) is 2.74. The fourth-order valence-electron chi connectivity index (χ4n) is 2.19. The van der Waals surface area contributed by atoms with E-state index >= 15 is 0 Å². The highest BCUT2D eigenvalue weighted by molar-refractivity contribution is 7.92. The van der Waals surface area contributed by atoms with E-state index in [0.29, 0.717) is 16.8 Å².